The van der Waals surface area contributed by atoms with Gasteiger partial charge in [-0.1, -0.05) is 42.5 Å². The molecule has 0 N–H and O–H groups in total. The molecule has 2 rings (SSSR count). The molecule has 4 nitrogen and oxygen atoms in total. The highest BCUT2D eigenvalue weighted by atomic mass is 16.5. The molecule has 128 valence electrons. The van der Waals surface area contributed by atoms with E-state index in [-0.39, 0.29) is 5.97 Å². The zero-order valence-electron chi connectivity index (χ0n) is 14.4. The van der Waals surface area contributed by atoms with Crippen molar-refractivity contribution in [2.45, 2.75) is 13.0 Å². The summed E-state index contributed by atoms with van der Waals surface area (Å²) in [7, 11) is 3.13. The van der Waals surface area contributed by atoms with Gasteiger partial charge in [-0.25, -0.2) is 4.79 Å². The minimum absolute atomic E-state index is 0.294. The molecule has 0 aromatic heterocycles. The fraction of sp³-hybridized carbons (Fsp3) is 0.350. The Morgan fingerprint density at radius 1 is 0.958 bits per heavy atom. The summed E-state index contributed by atoms with van der Waals surface area (Å²) in [6.07, 6.45) is 0.876. The third-order valence-electron chi connectivity index (χ3n) is 3.93. The maximum atomic E-state index is 11.6. The fourth-order valence-corrected chi connectivity index (χ4v) is 2.59. The van der Waals surface area contributed by atoms with Crippen molar-refractivity contribution in [3.63, 3.8) is 0 Å². The molecular weight excluding hydrogens is 302 g/mol. The van der Waals surface area contributed by atoms with E-state index >= 15 is 0 Å². The molecule has 0 saturated heterocycles. The average molecular weight is 327 g/mol. The van der Waals surface area contributed by atoms with Crippen LogP contribution in [0.1, 0.15) is 21.5 Å². The van der Waals surface area contributed by atoms with Gasteiger partial charge in [0.1, 0.15) is 0 Å². The highest BCUT2D eigenvalue weighted by Crippen LogP contribution is 2.10. The maximum absolute atomic E-state index is 11.6. The molecule has 24 heavy (non-hydrogen) atoms. The topological polar surface area (TPSA) is 38.8 Å². The summed E-state index contributed by atoms with van der Waals surface area (Å²) in [6.45, 7) is 3.38. The molecule has 0 atom stereocenters. The number of benzene rings is 2. The van der Waals surface area contributed by atoms with Gasteiger partial charge in [0.2, 0.25) is 0 Å². The fourth-order valence-electron chi connectivity index (χ4n) is 2.59. The number of hydrogen-bond donors (Lipinski definition) is 0. The molecule has 2 aromatic carbocycles. The number of ether oxygens (including phenoxy) is 2. The van der Waals surface area contributed by atoms with Gasteiger partial charge in [0, 0.05) is 26.7 Å². The van der Waals surface area contributed by atoms with Crippen LogP contribution in [0.3, 0.4) is 0 Å². The van der Waals surface area contributed by atoms with Crippen molar-refractivity contribution in [3.8, 4) is 0 Å². The highest BCUT2D eigenvalue weighted by Gasteiger charge is 2.09. The summed E-state index contributed by atoms with van der Waals surface area (Å²) >= 11 is 0. The van der Waals surface area contributed by atoms with E-state index in [1.807, 2.05) is 24.3 Å². The normalized spacial score (nSPS) is 10.8. The lowest BCUT2D eigenvalue weighted by Gasteiger charge is -2.22. The number of rotatable bonds is 9. The van der Waals surface area contributed by atoms with E-state index in [0.717, 1.165) is 31.6 Å². The Labute approximate surface area is 144 Å². The quantitative estimate of drug-likeness (QED) is 0.663. The van der Waals surface area contributed by atoms with Gasteiger partial charge in [0.05, 0.1) is 19.3 Å². The van der Waals surface area contributed by atoms with Gasteiger partial charge < -0.3 is 9.47 Å². The summed E-state index contributed by atoms with van der Waals surface area (Å²) < 4.78 is 10.0. The van der Waals surface area contributed by atoms with E-state index < -0.39 is 0 Å². The molecule has 4 heteroatoms. The van der Waals surface area contributed by atoms with E-state index in [2.05, 4.69) is 29.2 Å². The second-order valence-corrected chi connectivity index (χ2v) is 5.70. The Morgan fingerprint density at radius 3 is 2.42 bits per heavy atom. The molecule has 0 bridgehead atoms. The van der Waals surface area contributed by atoms with E-state index in [4.69, 9.17) is 9.47 Å². The van der Waals surface area contributed by atoms with Crippen LogP contribution in [-0.2, 0) is 22.4 Å². The van der Waals surface area contributed by atoms with Crippen molar-refractivity contribution < 1.29 is 14.3 Å². The Balaban J connectivity index is 1.98. The average Bonchev–Trinajstić information content (AvgIpc) is 2.64. The van der Waals surface area contributed by atoms with Crippen molar-refractivity contribution in [1.82, 2.24) is 4.90 Å². The number of hydrogen-bond acceptors (Lipinski definition) is 4. The van der Waals surface area contributed by atoms with Crippen molar-refractivity contribution in [1.29, 1.82) is 0 Å². The van der Waals surface area contributed by atoms with Gasteiger partial charge in [-0.2, -0.15) is 0 Å². The predicted molar refractivity (Wildman–Crippen MR) is 95.1 cm³/mol. The smallest absolute Gasteiger partial charge is 0.337 e. The summed E-state index contributed by atoms with van der Waals surface area (Å²) in [6, 6.07) is 18.1. The third kappa shape index (κ3) is 5.80. The zero-order chi connectivity index (χ0) is 17.2. The number of methoxy groups -OCH3 is 2. The van der Waals surface area contributed by atoms with Crippen LogP contribution in [0.15, 0.2) is 54.6 Å². The van der Waals surface area contributed by atoms with Crippen molar-refractivity contribution in [3.05, 3.63) is 71.3 Å². The molecule has 0 aliphatic heterocycles. The number of esters is 1. The first-order valence-corrected chi connectivity index (χ1v) is 8.15. The van der Waals surface area contributed by atoms with Crippen LogP contribution in [-0.4, -0.2) is 44.8 Å². The van der Waals surface area contributed by atoms with Gasteiger partial charge in [-0.05, 0) is 29.7 Å². The third-order valence-corrected chi connectivity index (χ3v) is 3.93. The first kappa shape index (κ1) is 18.2. The largest absolute Gasteiger partial charge is 0.465 e. The molecule has 0 saturated carbocycles. The number of nitrogens with zero attached hydrogens (tertiary/aromatic N) is 1. The molecular formula is C20H25NO3. The molecule has 0 radical (unpaired) electrons. The molecule has 0 spiro atoms. The SMILES string of the molecule is COCCN(CCc1cccc(C(=O)OC)c1)Cc1ccccc1. The summed E-state index contributed by atoms with van der Waals surface area (Å²) in [5.74, 6) is -0.294. The lowest BCUT2D eigenvalue weighted by molar-refractivity contribution is 0.0600. The van der Waals surface area contributed by atoms with E-state index in [1.165, 1.54) is 12.7 Å². The molecule has 0 fully saturated rings. The standard InChI is InChI=1S/C20H25NO3/c1-23-14-13-21(16-18-7-4-3-5-8-18)12-11-17-9-6-10-19(15-17)20(22)24-2/h3-10,15H,11-14,16H2,1-2H3. The van der Waals surface area contributed by atoms with Gasteiger partial charge in [0.25, 0.3) is 0 Å². The van der Waals surface area contributed by atoms with E-state index in [1.54, 1.807) is 13.2 Å². The highest BCUT2D eigenvalue weighted by molar-refractivity contribution is 5.89. The van der Waals surface area contributed by atoms with Crippen LogP contribution in [0.5, 0.6) is 0 Å². The monoisotopic (exact) mass is 327 g/mol. The lowest BCUT2D eigenvalue weighted by atomic mass is 10.1. The van der Waals surface area contributed by atoms with Crippen LogP contribution in [0, 0.1) is 0 Å². The van der Waals surface area contributed by atoms with Crippen molar-refractivity contribution in [2.24, 2.45) is 0 Å². The number of carbonyl (C=O) groups excluding carboxylic acids is 1. The van der Waals surface area contributed by atoms with Crippen LogP contribution < -0.4 is 0 Å². The molecule has 2 aromatic rings. The maximum Gasteiger partial charge on any atom is 0.337 e. The van der Waals surface area contributed by atoms with Gasteiger partial charge >= 0.3 is 5.97 Å². The van der Waals surface area contributed by atoms with Crippen LogP contribution in [0.4, 0.5) is 0 Å². The number of carbonyl (C=O) groups is 1. The van der Waals surface area contributed by atoms with E-state index in [0.29, 0.717) is 12.2 Å². The molecule has 0 amide bonds. The van der Waals surface area contributed by atoms with E-state index in [9.17, 15) is 4.79 Å². The van der Waals surface area contributed by atoms with Crippen molar-refractivity contribution >= 4 is 5.97 Å². The lowest BCUT2D eigenvalue weighted by Crippen LogP contribution is -2.29. The molecule has 0 aliphatic carbocycles. The minimum atomic E-state index is -0.294. The Hall–Kier alpha value is -2.17. The van der Waals surface area contributed by atoms with Gasteiger partial charge in [-0.15, -0.1) is 0 Å². The van der Waals surface area contributed by atoms with Gasteiger partial charge in [-0.3, -0.25) is 4.90 Å². The first-order chi connectivity index (χ1) is 11.7. The van der Waals surface area contributed by atoms with Crippen LogP contribution >= 0.6 is 0 Å². The predicted octanol–water partition coefficient (Wildman–Crippen LogP) is 3.16. The Morgan fingerprint density at radius 2 is 1.71 bits per heavy atom. The Kier molecular flexibility index (Phi) is 7.46. The molecule has 0 aliphatic rings. The van der Waals surface area contributed by atoms with Crippen molar-refractivity contribution in [2.75, 3.05) is 33.9 Å². The van der Waals surface area contributed by atoms with Crippen LogP contribution in [0.25, 0.3) is 0 Å². The van der Waals surface area contributed by atoms with Gasteiger partial charge in [0.15, 0.2) is 0 Å². The summed E-state index contributed by atoms with van der Waals surface area (Å²) in [5.41, 5.74) is 3.02. The first-order valence-electron chi connectivity index (χ1n) is 8.15. The summed E-state index contributed by atoms with van der Waals surface area (Å²) in [5, 5.41) is 0. The molecule has 0 heterocycles. The zero-order valence-corrected chi connectivity index (χ0v) is 14.4. The Bertz CT molecular complexity index is 628. The second kappa shape index (κ2) is 9.85. The summed E-state index contributed by atoms with van der Waals surface area (Å²) in [4.78, 5) is 14.0. The minimum Gasteiger partial charge on any atom is -0.465 e. The molecule has 0 unspecified atom stereocenters. The second-order valence-electron chi connectivity index (χ2n) is 5.70. The van der Waals surface area contributed by atoms with Crippen LogP contribution in [0.2, 0.25) is 0 Å².